The number of furan rings is 1. The van der Waals surface area contributed by atoms with Gasteiger partial charge in [-0.3, -0.25) is 0 Å². The first-order valence-corrected chi connectivity index (χ1v) is 13.1. The number of benzene rings is 6. The molecule has 0 aliphatic carbocycles. The van der Waals surface area contributed by atoms with Crippen LogP contribution in [-0.4, -0.2) is 9.55 Å². The molecule has 3 heterocycles. The largest absolute Gasteiger partial charge is 0.454 e. The fraction of sp³-hybridized carbons (Fsp3) is 0. The smallest absolute Gasteiger partial charge is 0.228 e. The molecule has 0 bridgehead atoms. The second kappa shape index (κ2) is 7.59. The van der Waals surface area contributed by atoms with E-state index in [0.717, 1.165) is 66.1 Å². The first-order chi connectivity index (χ1) is 19.3. The van der Waals surface area contributed by atoms with Crippen LogP contribution in [0.5, 0.6) is 0 Å². The minimum absolute atomic E-state index is 0.594. The molecule has 4 heteroatoms. The van der Waals surface area contributed by atoms with Crippen molar-refractivity contribution in [1.29, 1.82) is 0 Å². The number of oxazole rings is 1. The number of aromatic nitrogens is 2. The number of hydrogen-bond acceptors (Lipinski definition) is 3. The van der Waals surface area contributed by atoms with Gasteiger partial charge in [-0.1, -0.05) is 78.9 Å². The van der Waals surface area contributed by atoms with Crippen LogP contribution < -0.4 is 0 Å². The molecular formula is C35H20N2O2. The van der Waals surface area contributed by atoms with Gasteiger partial charge in [0.1, 0.15) is 11.1 Å². The number of rotatable bonds is 2. The van der Waals surface area contributed by atoms with Crippen LogP contribution in [0, 0.1) is 0 Å². The molecule has 0 radical (unpaired) electrons. The van der Waals surface area contributed by atoms with Gasteiger partial charge >= 0.3 is 0 Å². The summed E-state index contributed by atoms with van der Waals surface area (Å²) in [7, 11) is 0. The number of fused-ring (bicyclic) bond motifs is 8. The van der Waals surface area contributed by atoms with Gasteiger partial charge in [-0.05, 0) is 47.9 Å². The highest BCUT2D eigenvalue weighted by molar-refractivity contribution is 6.20. The van der Waals surface area contributed by atoms with Crippen LogP contribution >= 0.6 is 0 Å². The molecule has 0 aliphatic rings. The van der Waals surface area contributed by atoms with Gasteiger partial charge < -0.3 is 13.4 Å². The minimum Gasteiger partial charge on any atom is -0.454 e. The summed E-state index contributed by atoms with van der Waals surface area (Å²) in [4.78, 5) is 4.82. The summed E-state index contributed by atoms with van der Waals surface area (Å²) in [6.07, 6.45) is 0. The Morgan fingerprint density at radius 1 is 0.538 bits per heavy atom. The molecule has 0 aliphatic heterocycles. The van der Waals surface area contributed by atoms with Gasteiger partial charge in [0.15, 0.2) is 11.2 Å². The average molecular weight is 501 g/mol. The molecule has 0 fully saturated rings. The van der Waals surface area contributed by atoms with Crippen molar-refractivity contribution in [1.82, 2.24) is 9.55 Å². The standard InChI is InChI=1S/C35H20N2O2/c1-2-11-22-21(10-1)20-26-32-25(35-36-27-15-5-8-18-30(27)39-35)14-9-19-31(32)38-34(26)33(22)37-28-16-6-3-12-23(28)24-13-4-7-17-29(24)37/h1-20H. The van der Waals surface area contributed by atoms with Gasteiger partial charge in [0.05, 0.1) is 16.7 Å². The molecule has 0 unspecified atom stereocenters. The highest BCUT2D eigenvalue weighted by Gasteiger charge is 2.23. The number of para-hydroxylation sites is 4. The lowest BCUT2D eigenvalue weighted by Gasteiger charge is -2.12. The first kappa shape index (κ1) is 20.7. The van der Waals surface area contributed by atoms with Crippen LogP contribution in [0.25, 0.3) is 82.8 Å². The van der Waals surface area contributed by atoms with Crippen LogP contribution in [0.3, 0.4) is 0 Å². The van der Waals surface area contributed by atoms with Gasteiger partial charge in [-0.15, -0.1) is 0 Å². The van der Waals surface area contributed by atoms with E-state index in [4.69, 9.17) is 13.8 Å². The molecule has 6 aromatic carbocycles. The third-order valence-electron chi connectivity index (χ3n) is 7.81. The Kier molecular flexibility index (Phi) is 4.02. The van der Waals surface area contributed by atoms with E-state index in [9.17, 15) is 0 Å². The predicted molar refractivity (Wildman–Crippen MR) is 159 cm³/mol. The summed E-state index contributed by atoms with van der Waals surface area (Å²) in [5, 5.41) is 6.77. The van der Waals surface area contributed by atoms with Crippen molar-refractivity contribution in [2.24, 2.45) is 0 Å². The Balaban J connectivity index is 1.48. The van der Waals surface area contributed by atoms with Gasteiger partial charge in [-0.25, -0.2) is 4.98 Å². The van der Waals surface area contributed by atoms with Crippen molar-refractivity contribution in [2.45, 2.75) is 0 Å². The van der Waals surface area contributed by atoms with E-state index >= 15 is 0 Å². The molecular weight excluding hydrogens is 480 g/mol. The van der Waals surface area contributed by atoms with Crippen molar-refractivity contribution in [3.8, 4) is 17.1 Å². The Hall–Kier alpha value is -5.35. The van der Waals surface area contributed by atoms with Crippen LogP contribution in [-0.2, 0) is 0 Å². The maximum atomic E-state index is 6.76. The van der Waals surface area contributed by atoms with Gasteiger partial charge in [-0.2, -0.15) is 0 Å². The zero-order valence-corrected chi connectivity index (χ0v) is 20.8. The molecule has 39 heavy (non-hydrogen) atoms. The summed E-state index contributed by atoms with van der Waals surface area (Å²) in [6.45, 7) is 0. The van der Waals surface area contributed by atoms with E-state index in [0.29, 0.717) is 5.89 Å². The molecule has 182 valence electrons. The van der Waals surface area contributed by atoms with E-state index in [2.05, 4.69) is 89.5 Å². The van der Waals surface area contributed by atoms with Crippen molar-refractivity contribution < 1.29 is 8.83 Å². The zero-order valence-electron chi connectivity index (χ0n) is 20.8. The number of nitrogens with zero attached hydrogens (tertiary/aromatic N) is 2. The average Bonchev–Trinajstić information content (AvgIpc) is 3.68. The van der Waals surface area contributed by atoms with Crippen molar-refractivity contribution in [2.75, 3.05) is 0 Å². The normalized spacial score (nSPS) is 12.1. The van der Waals surface area contributed by atoms with Crippen molar-refractivity contribution in [3.05, 3.63) is 121 Å². The van der Waals surface area contributed by atoms with E-state index in [1.54, 1.807) is 0 Å². The highest BCUT2D eigenvalue weighted by atomic mass is 16.3. The maximum absolute atomic E-state index is 6.76. The Morgan fingerprint density at radius 2 is 1.21 bits per heavy atom. The van der Waals surface area contributed by atoms with E-state index in [-0.39, 0.29) is 0 Å². The monoisotopic (exact) mass is 500 g/mol. The zero-order chi connectivity index (χ0) is 25.5. The maximum Gasteiger partial charge on any atom is 0.228 e. The minimum atomic E-state index is 0.594. The van der Waals surface area contributed by atoms with Crippen LogP contribution in [0.15, 0.2) is 130 Å². The fourth-order valence-electron chi connectivity index (χ4n) is 6.15. The second-order valence-electron chi connectivity index (χ2n) is 9.96. The van der Waals surface area contributed by atoms with Gasteiger partial charge in [0.25, 0.3) is 0 Å². The molecule has 0 atom stereocenters. The summed E-state index contributed by atoms with van der Waals surface area (Å²) in [5.41, 5.74) is 7.53. The first-order valence-electron chi connectivity index (χ1n) is 13.1. The highest BCUT2D eigenvalue weighted by Crippen LogP contribution is 2.44. The van der Waals surface area contributed by atoms with Crippen molar-refractivity contribution in [3.63, 3.8) is 0 Å². The SMILES string of the molecule is c1ccc2c(-n3c4ccccc4c4ccccc43)c3oc4cccc(-c5nc6ccccc6o5)c4c3cc2c1. The van der Waals surface area contributed by atoms with Crippen LogP contribution in [0.4, 0.5) is 0 Å². The topological polar surface area (TPSA) is 44.1 Å². The summed E-state index contributed by atoms with van der Waals surface area (Å²) >= 11 is 0. The Morgan fingerprint density at radius 3 is 2.00 bits per heavy atom. The predicted octanol–water partition coefficient (Wildman–Crippen LogP) is 9.64. The van der Waals surface area contributed by atoms with E-state index < -0.39 is 0 Å². The lowest BCUT2D eigenvalue weighted by molar-refractivity contribution is 0.620. The lowest BCUT2D eigenvalue weighted by atomic mass is 10.0. The fourth-order valence-corrected chi connectivity index (χ4v) is 6.15. The van der Waals surface area contributed by atoms with Crippen molar-refractivity contribution >= 4 is 65.6 Å². The van der Waals surface area contributed by atoms with Gasteiger partial charge in [0.2, 0.25) is 5.89 Å². The molecule has 0 spiro atoms. The quantitative estimate of drug-likeness (QED) is 0.237. The molecule has 0 amide bonds. The molecule has 9 rings (SSSR count). The Labute approximate surface area is 222 Å². The molecule has 3 aromatic heterocycles. The van der Waals surface area contributed by atoms with Crippen LogP contribution in [0.2, 0.25) is 0 Å². The summed E-state index contributed by atoms with van der Waals surface area (Å²) < 4.78 is 15.3. The van der Waals surface area contributed by atoms with Gasteiger partial charge in [0, 0.05) is 32.5 Å². The second-order valence-corrected chi connectivity index (χ2v) is 9.96. The Bertz CT molecular complexity index is 2320. The molecule has 0 saturated heterocycles. The molecule has 9 aromatic rings. The summed E-state index contributed by atoms with van der Waals surface area (Å²) in [5.74, 6) is 0.594. The lowest BCUT2D eigenvalue weighted by Crippen LogP contribution is -1.96. The third kappa shape index (κ3) is 2.80. The molecule has 0 saturated carbocycles. The summed E-state index contributed by atoms with van der Waals surface area (Å²) in [6, 6.07) is 41.9. The van der Waals surface area contributed by atoms with E-state index in [1.165, 1.54) is 10.8 Å². The van der Waals surface area contributed by atoms with E-state index in [1.807, 2.05) is 36.4 Å². The molecule has 4 nitrogen and oxygen atoms in total. The molecule has 0 N–H and O–H groups in total. The van der Waals surface area contributed by atoms with Crippen LogP contribution in [0.1, 0.15) is 0 Å². The third-order valence-corrected chi connectivity index (χ3v) is 7.81. The number of hydrogen-bond donors (Lipinski definition) is 0.